The lowest BCUT2D eigenvalue weighted by Gasteiger charge is -2.37. The molecule has 1 aliphatic heterocycles. The van der Waals surface area contributed by atoms with E-state index in [9.17, 15) is 4.79 Å². The van der Waals surface area contributed by atoms with Crippen molar-refractivity contribution < 1.29 is 4.79 Å². The van der Waals surface area contributed by atoms with Crippen molar-refractivity contribution in [3.8, 4) is 0 Å². The van der Waals surface area contributed by atoms with Gasteiger partial charge in [0, 0.05) is 56.4 Å². The molecule has 0 bridgehead atoms. The predicted octanol–water partition coefficient (Wildman–Crippen LogP) is 2.71. The van der Waals surface area contributed by atoms with Gasteiger partial charge in [-0.1, -0.05) is 18.2 Å². The van der Waals surface area contributed by atoms with E-state index >= 15 is 0 Å². The number of rotatable bonds is 5. The molecular formula is C19H33Cl3N4O. The summed E-state index contributed by atoms with van der Waals surface area (Å²) in [4.78, 5) is 17.2. The molecule has 3 rings (SSSR count). The Kier molecular flexibility index (Phi) is 12.3. The zero-order valence-corrected chi connectivity index (χ0v) is 18.3. The lowest BCUT2D eigenvalue weighted by Crippen LogP contribution is -2.51. The molecule has 0 spiro atoms. The first-order valence-corrected chi connectivity index (χ1v) is 9.20. The van der Waals surface area contributed by atoms with Gasteiger partial charge in [-0.05, 0) is 38.3 Å². The van der Waals surface area contributed by atoms with Crippen molar-refractivity contribution in [2.45, 2.75) is 38.3 Å². The summed E-state index contributed by atoms with van der Waals surface area (Å²) in [6.07, 6.45) is 2.76. The molecular weight excluding hydrogens is 407 g/mol. The molecule has 2 aliphatic rings. The molecule has 8 heteroatoms. The number of carbonyl (C=O) groups is 1. The van der Waals surface area contributed by atoms with Gasteiger partial charge in [0.1, 0.15) is 0 Å². The number of benzene rings is 1. The van der Waals surface area contributed by atoms with E-state index in [4.69, 9.17) is 5.73 Å². The lowest BCUT2D eigenvalue weighted by molar-refractivity contribution is -0.125. The summed E-state index contributed by atoms with van der Waals surface area (Å²) in [6.45, 7) is 7.21. The highest BCUT2D eigenvalue weighted by Crippen LogP contribution is 2.24. The molecule has 3 atom stereocenters. The van der Waals surface area contributed by atoms with Crippen molar-refractivity contribution in [1.29, 1.82) is 0 Å². The number of nitrogens with zero attached hydrogens (tertiary/aromatic N) is 2. The summed E-state index contributed by atoms with van der Waals surface area (Å²) < 4.78 is 0. The Hall–Kier alpha value is -0.720. The number of amides is 1. The van der Waals surface area contributed by atoms with Crippen LogP contribution in [0.3, 0.4) is 0 Å². The fraction of sp³-hybridized carbons (Fsp3) is 0.632. The van der Waals surface area contributed by atoms with Gasteiger partial charge < -0.3 is 16.0 Å². The van der Waals surface area contributed by atoms with Crippen LogP contribution in [0.4, 0.5) is 5.69 Å². The molecule has 1 amide bonds. The smallest absolute Gasteiger partial charge is 0.223 e. The highest BCUT2D eigenvalue weighted by atomic mass is 35.5. The molecule has 0 radical (unpaired) electrons. The van der Waals surface area contributed by atoms with E-state index in [1.165, 1.54) is 5.69 Å². The number of piperazine rings is 1. The maximum absolute atomic E-state index is 12.3. The van der Waals surface area contributed by atoms with E-state index in [-0.39, 0.29) is 61.1 Å². The third kappa shape index (κ3) is 7.66. The molecule has 3 unspecified atom stereocenters. The second-order valence-electron chi connectivity index (χ2n) is 7.30. The van der Waals surface area contributed by atoms with Gasteiger partial charge in [0.2, 0.25) is 5.91 Å². The van der Waals surface area contributed by atoms with Crippen molar-refractivity contribution >= 4 is 48.8 Å². The van der Waals surface area contributed by atoms with E-state index in [0.717, 1.165) is 52.0 Å². The Morgan fingerprint density at radius 1 is 1.11 bits per heavy atom. The normalized spacial score (nSPS) is 23.4. The molecule has 1 saturated heterocycles. The van der Waals surface area contributed by atoms with Gasteiger partial charge in [0.05, 0.1) is 0 Å². The van der Waals surface area contributed by atoms with Gasteiger partial charge in [-0.2, -0.15) is 0 Å². The highest BCUT2D eigenvalue weighted by Gasteiger charge is 2.28. The van der Waals surface area contributed by atoms with Gasteiger partial charge in [0.15, 0.2) is 0 Å². The minimum Gasteiger partial charge on any atom is -0.369 e. The fourth-order valence-corrected chi connectivity index (χ4v) is 3.88. The van der Waals surface area contributed by atoms with Crippen LogP contribution in [0.5, 0.6) is 0 Å². The van der Waals surface area contributed by atoms with Crippen molar-refractivity contribution in [2.24, 2.45) is 11.7 Å². The maximum atomic E-state index is 12.3. The molecule has 27 heavy (non-hydrogen) atoms. The number of anilines is 1. The second-order valence-corrected chi connectivity index (χ2v) is 7.30. The van der Waals surface area contributed by atoms with Gasteiger partial charge in [0.25, 0.3) is 0 Å². The van der Waals surface area contributed by atoms with Crippen LogP contribution in [-0.4, -0.2) is 55.6 Å². The first kappa shape index (κ1) is 26.3. The van der Waals surface area contributed by atoms with E-state index in [1.807, 2.05) is 0 Å². The average molecular weight is 440 g/mol. The molecule has 1 saturated carbocycles. The topological polar surface area (TPSA) is 61.6 Å². The standard InChI is InChI=1S/C19H30N4O.3ClH/c1-15(21-19(24)16-7-8-17(20)13-16)14-22-9-11-23(12-10-22)18-5-3-2-4-6-18;;;/h2-6,15-17H,7-14,20H2,1H3,(H,21,24);3*1H. The van der Waals surface area contributed by atoms with E-state index in [1.54, 1.807) is 0 Å². The Labute approximate surface area is 181 Å². The van der Waals surface area contributed by atoms with Crippen LogP contribution in [0.1, 0.15) is 26.2 Å². The predicted molar refractivity (Wildman–Crippen MR) is 120 cm³/mol. The number of carbonyl (C=O) groups excluding carboxylic acids is 1. The first-order valence-electron chi connectivity index (χ1n) is 9.20. The monoisotopic (exact) mass is 438 g/mol. The van der Waals surface area contributed by atoms with Crippen LogP contribution in [0.15, 0.2) is 30.3 Å². The van der Waals surface area contributed by atoms with Gasteiger partial charge >= 0.3 is 0 Å². The zero-order valence-electron chi connectivity index (χ0n) is 15.9. The van der Waals surface area contributed by atoms with Crippen LogP contribution >= 0.6 is 37.2 Å². The average Bonchev–Trinajstić information content (AvgIpc) is 3.03. The van der Waals surface area contributed by atoms with Gasteiger partial charge in [-0.3, -0.25) is 9.69 Å². The van der Waals surface area contributed by atoms with Crippen molar-refractivity contribution in [2.75, 3.05) is 37.6 Å². The molecule has 0 aromatic heterocycles. The Morgan fingerprint density at radius 2 is 1.74 bits per heavy atom. The summed E-state index contributed by atoms with van der Waals surface area (Å²) in [5.41, 5.74) is 7.21. The summed E-state index contributed by atoms with van der Waals surface area (Å²) in [7, 11) is 0. The van der Waals surface area contributed by atoms with Crippen molar-refractivity contribution in [1.82, 2.24) is 10.2 Å². The second kappa shape index (κ2) is 12.7. The number of nitrogens with one attached hydrogen (secondary N) is 1. The van der Waals surface area contributed by atoms with Gasteiger partial charge in [-0.15, -0.1) is 37.2 Å². The fourth-order valence-electron chi connectivity index (χ4n) is 3.88. The van der Waals surface area contributed by atoms with Crippen LogP contribution < -0.4 is 16.0 Å². The zero-order chi connectivity index (χ0) is 16.9. The number of hydrogen-bond donors (Lipinski definition) is 2. The third-order valence-electron chi connectivity index (χ3n) is 5.26. The third-order valence-corrected chi connectivity index (χ3v) is 5.26. The van der Waals surface area contributed by atoms with Crippen molar-refractivity contribution in [3.63, 3.8) is 0 Å². The molecule has 1 heterocycles. The summed E-state index contributed by atoms with van der Waals surface area (Å²) >= 11 is 0. The van der Waals surface area contributed by atoms with E-state index in [0.29, 0.717) is 0 Å². The van der Waals surface area contributed by atoms with E-state index < -0.39 is 0 Å². The number of nitrogens with two attached hydrogens (primary N) is 1. The number of hydrogen-bond acceptors (Lipinski definition) is 4. The highest BCUT2D eigenvalue weighted by molar-refractivity contribution is 5.86. The molecule has 156 valence electrons. The minimum atomic E-state index is 0. The molecule has 3 N–H and O–H groups in total. The molecule has 1 aromatic rings. The van der Waals surface area contributed by atoms with E-state index in [2.05, 4.69) is 52.4 Å². The number of halogens is 3. The summed E-state index contributed by atoms with van der Waals surface area (Å²) in [5.74, 6) is 0.316. The molecule has 1 aliphatic carbocycles. The van der Waals surface area contributed by atoms with Gasteiger partial charge in [-0.25, -0.2) is 0 Å². The number of para-hydroxylation sites is 1. The van der Waals surface area contributed by atoms with Crippen LogP contribution in [0, 0.1) is 5.92 Å². The van der Waals surface area contributed by atoms with Crippen LogP contribution in [0.25, 0.3) is 0 Å². The first-order chi connectivity index (χ1) is 11.6. The van der Waals surface area contributed by atoms with Crippen LogP contribution in [0.2, 0.25) is 0 Å². The SMILES string of the molecule is CC(CN1CCN(c2ccccc2)CC1)NC(=O)C1CCC(N)C1.Cl.Cl.Cl. The largest absolute Gasteiger partial charge is 0.369 e. The maximum Gasteiger partial charge on any atom is 0.223 e. The molecule has 5 nitrogen and oxygen atoms in total. The molecule has 2 fully saturated rings. The summed E-state index contributed by atoms with van der Waals surface area (Å²) in [6, 6.07) is 11.0. The van der Waals surface area contributed by atoms with Crippen LogP contribution in [-0.2, 0) is 4.79 Å². The Balaban J connectivity index is 0.00000225. The quantitative estimate of drug-likeness (QED) is 0.740. The minimum absolute atomic E-state index is 0. The lowest BCUT2D eigenvalue weighted by atomic mass is 10.1. The van der Waals surface area contributed by atoms with Crippen molar-refractivity contribution in [3.05, 3.63) is 30.3 Å². The summed E-state index contributed by atoms with van der Waals surface area (Å²) in [5, 5.41) is 3.18. The molecule has 1 aromatic carbocycles. The Morgan fingerprint density at radius 3 is 2.30 bits per heavy atom. The Bertz CT molecular complexity index is 541.